The summed E-state index contributed by atoms with van der Waals surface area (Å²) in [4.78, 5) is 23.9. The van der Waals surface area contributed by atoms with Crippen LogP contribution in [0.2, 0.25) is 0 Å². The molecule has 0 saturated heterocycles. The van der Waals surface area contributed by atoms with E-state index < -0.39 is 11.8 Å². The number of carbonyl (C=O) groups is 2. The van der Waals surface area contributed by atoms with E-state index in [1.54, 1.807) is 16.8 Å². The van der Waals surface area contributed by atoms with Crippen molar-refractivity contribution < 1.29 is 9.59 Å². The molecule has 6 nitrogen and oxygen atoms in total. The summed E-state index contributed by atoms with van der Waals surface area (Å²) < 4.78 is 1.71. The van der Waals surface area contributed by atoms with Gasteiger partial charge in [-0.05, 0) is 49.2 Å². The molecule has 2 amide bonds. The first kappa shape index (κ1) is 18.9. The highest BCUT2D eigenvalue weighted by atomic mass is 16.2. The molecule has 2 aromatic carbocycles. The highest BCUT2D eigenvalue weighted by Crippen LogP contribution is 2.24. The van der Waals surface area contributed by atoms with Gasteiger partial charge in [0.1, 0.15) is 18.2 Å². The van der Waals surface area contributed by atoms with Crippen LogP contribution in [0.25, 0.3) is 17.0 Å². The predicted molar refractivity (Wildman–Crippen MR) is 109 cm³/mol. The first-order valence-corrected chi connectivity index (χ1v) is 8.75. The SMILES string of the molecule is Cc1ccc(NC(=O)C(C#N)=Cc2cn(CC(N)=O)c3ccccc23)cc1C. The van der Waals surface area contributed by atoms with Crippen LogP contribution >= 0.6 is 0 Å². The van der Waals surface area contributed by atoms with Crippen LogP contribution in [-0.2, 0) is 16.1 Å². The van der Waals surface area contributed by atoms with Gasteiger partial charge in [-0.25, -0.2) is 0 Å². The number of amides is 2. The molecule has 140 valence electrons. The molecular weight excluding hydrogens is 352 g/mol. The molecular formula is C22H20N4O2. The third-order valence-corrected chi connectivity index (χ3v) is 4.58. The number of aryl methyl sites for hydroxylation is 2. The van der Waals surface area contributed by atoms with Crippen LogP contribution in [0, 0.1) is 25.2 Å². The number of anilines is 1. The molecule has 0 radical (unpaired) electrons. The normalized spacial score (nSPS) is 11.2. The average Bonchev–Trinajstić information content (AvgIpc) is 2.99. The van der Waals surface area contributed by atoms with Crippen LogP contribution in [0.15, 0.2) is 54.2 Å². The van der Waals surface area contributed by atoms with Gasteiger partial charge in [0, 0.05) is 28.4 Å². The molecule has 0 aliphatic heterocycles. The van der Waals surface area contributed by atoms with Gasteiger partial charge in [0.05, 0.1) is 0 Å². The Bertz CT molecular complexity index is 1150. The lowest BCUT2D eigenvalue weighted by atomic mass is 10.1. The molecule has 0 fully saturated rings. The van der Waals surface area contributed by atoms with Crippen molar-refractivity contribution in [1.29, 1.82) is 5.26 Å². The van der Waals surface area contributed by atoms with Crippen molar-refractivity contribution in [3.05, 3.63) is 70.9 Å². The van der Waals surface area contributed by atoms with Crippen LogP contribution < -0.4 is 11.1 Å². The molecule has 6 heteroatoms. The van der Waals surface area contributed by atoms with Crippen molar-refractivity contribution >= 4 is 34.5 Å². The number of nitrogens with two attached hydrogens (primary N) is 1. The van der Waals surface area contributed by atoms with Gasteiger partial charge in [-0.1, -0.05) is 24.3 Å². The number of nitriles is 1. The number of primary amides is 1. The fourth-order valence-corrected chi connectivity index (χ4v) is 3.01. The van der Waals surface area contributed by atoms with Crippen LogP contribution in [0.1, 0.15) is 16.7 Å². The molecule has 0 aliphatic carbocycles. The number of aromatic nitrogens is 1. The number of benzene rings is 2. The molecule has 3 aromatic rings. The summed E-state index contributed by atoms with van der Waals surface area (Å²) in [5, 5.41) is 13.1. The van der Waals surface area contributed by atoms with Gasteiger partial charge in [-0.2, -0.15) is 5.26 Å². The highest BCUT2D eigenvalue weighted by molar-refractivity contribution is 6.10. The summed E-state index contributed by atoms with van der Waals surface area (Å²) >= 11 is 0. The summed E-state index contributed by atoms with van der Waals surface area (Å²) in [7, 11) is 0. The van der Waals surface area contributed by atoms with E-state index in [9.17, 15) is 14.9 Å². The van der Waals surface area contributed by atoms with E-state index in [-0.39, 0.29) is 12.1 Å². The third-order valence-electron chi connectivity index (χ3n) is 4.58. The number of para-hydroxylation sites is 1. The Morgan fingerprint density at radius 3 is 2.61 bits per heavy atom. The summed E-state index contributed by atoms with van der Waals surface area (Å²) in [5.41, 5.74) is 9.57. The van der Waals surface area contributed by atoms with E-state index >= 15 is 0 Å². The number of fused-ring (bicyclic) bond motifs is 1. The van der Waals surface area contributed by atoms with Gasteiger partial charge < -0.3 is 15.6 Å². The monoisotopic (exact) mass is 372 g/mol. The molecule has 0 atom stereocenters. The van der Waals surface area contributed by atoms with Gasteiger partial charge in [0.2, 0.25) is 5.91 Å². The Morgan fingerprint density at radius 2 is 1.93 bits per heavy atom. The van der Waals surface area contributed by atoms with E-state index in [2.05, 4.69) is 5.32 Å². The number of rotatable bonds is 5. The highest BCUT2D eigenvalue weighted by Gasteiger charge is 2.13. The lowest BCUT2D eigenvalue weighted by molar-refractivity contribution is -0.118. The van der Waals surface area contributed by atoms with Gasteiger partial charge in [0.15, 0.2) is 0 Å². The topological polar surface area (TPSA) is 101 Å². The zero-order valence-corrected chi connectivity index (χ0v) is 15.7. The maximum atomic E-state index is 12.6. The molecule has 0 unspecified atom stereocenters. The molecule has 3 N–H and O–H groups in total. The minimum absolute atomic E-state index is 0.0189. The largest absolute Gasteiger partial charge is 0.368 e. The number of carbonyl (C=O) groups excluding carboxylic acids is 2. The van der Waals surface area contributed by atoms with Gasteiger partial charge >= 0.3 is 0 Å². The van der Waals surface area contributed by atoms with Crippen molar-refractivity contribution in [3.8, 4) is 6.07 Å². The Hall–Kier alpha value is -3.85. The number of hydrogen-bond donors (Lipinski definition) is 2. The molecule has 0 aliphatic rings. The van der Waals surface area contributed by atoms with E-state index in [0.717, 1.165) is 22.0 Å². The number of hydrogen-bond acceptors (Lipinski definition) is 3. The second-order valence-corrected chi connectivity index (χ2v) is 6.62. The Balaban J connectivity index is 1.96. The van der Waals surface area contributed by atoms with Crippen molar-refractivity contribution in [2.24, 2.45) is 5.73 Å². The van der Waals surface area contributed by atoms with Crippen molar-refractivity contribution in [2.45, 2.75) is 20.4 Å². The van der Waals surface area contributed by atoms with E-state index in [1.807, 2.05) is 56.3 Å². The van der Waals surface area contributed by atoms with Crippen molar-refractivity contribution in [2.75, 3.05) is 5.32 Å². The zero-order valence-electron chi connectivity index (χ0n) is 15.7. The average molecular weight is 372 g/mol. The van der Waals surface area contributed by atoms with Crippen LogP contribution in [-0.4, -0.2) is 16.4 Å². The van der Waals surface area contributed by atoms with Gasteiger partial charge in [-0.3, -0.25) is 9.59 Å². The second-order valence-electron chi connectivity index (χ2n) is 6.62. The molecule has 1 heterocycles. The molecule has 1 aromatic heterocycles. The maximum Gasteiger partial charge on any atom is 0.266 e. The minimum Gasteiger partial charge on any atom is -0.368 e. The van der Waals surface area contributed by atoms with Crippen LogP contribution in [0.3, 0.4) is 0 Å². The first-order valence-electron chi connectivity index (χ1n) is 8.75. The number of nitrogens with zero attached hydrogens (tertiary/aromatic N) is 2. The minimum atomic E-state index is -0.488. The smallest absolute Gasteiger partial charge is 0.266 e. The van der Waals surface area contributed by atoms with E-state index in [4.69, 9.17) is 5.73 Å². The second kappa shape index (κ2) is 7.80. The molecule has 0 saturated carbocycles. The van der Waals surface area contributed by atoms with Crippen molar-refractivity contribution in [1.82, 2.24) is 4.57 Å². The maximum absolute atomic E-state index is 12.6. The van der Waals surface area contributed by atoms with E-state index in [1.165, 1.54) is 6.08 Å². The van der Waals surface area contributed by atoms with E-state index in [0.29, 0.717) is 11.3 Å². The lowest BCUT2D eigenvalue weighted by Crippen LogP contribution is -2.17. The summed E-state index contributed by atoms with van der Waals surface area (Å²) in [6.07, 6.45) is 3.24. The third kappa shape index (κ3) is 3.94. The molecule has 28 heavy (non-hydrogen) atoms. The van der Waals surface area contributed by atoms with Crippen molar-refractivity contribution in [3.63, 3.8) is 0 Å². The number of nitrogens with one attached hydrogen (secondary N) is 1. The Kier molecular flexibility index (Phi) is 5.28. The zero-order chi connectivity index (χ0) is 20.3. The summed E-state index contributed by atoms with van der Waals surface area (Å²) in [5.74, 6) is -0.957. The standard InChI is InChI=1S/C22H20N4O2/c1-14-7-8-18(9-15(14)2)25-22(28)16(11-23)10-17-12-26(13-21(24)27)20-6-4-3-5-19(17)20/h3-10,12H,13H2,1-2H3,(H2,24,27)(H,25,28). The Labute approximate surface area is 162 Å². The fraction of sp³-hybridized carbons (Fsp3) is 0.136. The lowest BCUT2D eigenvalue weighted by Gasteiger charge is -2.07. The summed E-state index contributed by atoms with van der Waals surface area (Å²) in [6, 6.07) is 15.0. The summed E-state index contributed by atoms with van der Waals surface area (Å²) in [6.45, 7) is 3.97. The fourth-order valence-electron chi connectivity index (χ4n) is 3.01. The van der Waals surface area contributed by atoms with Gasteiger partial charge in [0.25, 0.3) is 5.91 Å². The molecule has 3 rings (SSSR count). The molecule has 0 spiro atoms. The van der Waals surface area contributed by atoms with Crippen LogP contribution in [0.4, 0.5) is 5.69 Å². The first-order chi connectivity index (χ1) is 13.4. The van der Waals surface area contributed by atoms with Gasteiger partial charge in [-0.15, -0.1) is 0 Å². The predicted octanol–water partition coefficient (Wildman–Crippen LogP) is 3.29. The quantitative estimate of drug-likeness (QED) is 0.531. The molecule has 0 bridgehead atoms. The Morgan fingerprint density at radius 1 is 1.18 bits per heavy atom. The van der Waals surface area contributed by atoms with Crippen LogP contribution in [0.5, 0.6) is 0 Å².